The summed E-state index contributed by atoms with van der Waals surface area (Å²) in [6.45, 7) is 0.442. The van der Waals surface area contributed by atoms with E-state index in [9.17, 15) is 14.4 Å². The normalized spacial score (nSPS) is 14.0. The molecule has 0 aliphatic carbocycles. The highest BCUT2D eigenvalue weighted by atomic mass is 35.5. The molecule has 2 aromatic carbocycles. The minimum atomic E-state index is -0.702. The number of thiophene rings is 1. The van der Waals surface area contributed by atoms with Gasteiger partial charge in [0.2, 0.25) is 0 Å². The van der Waals surface area contributed by atoms with Crippen LogP contribution < -0.4 is 30.6 Å². The third-order valence-corrected chi connectivity index (χ3v) is 7.74. The summed E-state index contributed by atoms with van der Waals surface area (Å²) in [6, 6.07) is 14.9. The Labute approximate surface area is 237 Å². The van der Waals surface area contributed by atoms with Crippen molar-refractivity contribution >= 4 is 46.3 Å². The zero-order valence-corrected chi connectivity index (χ0v) is 23.0. The van der Waals surface area contributed by atoms with Crippen LogP contribution >= 0.6 is 22.9 Å². The maximum atomic E-state index is 15.0. The Morgan fingerprint density at radius 3 is 2.52 bits per heavy atom. The largest absolute Gasteiger partial charge is 0.493 e. The van der Waals surface area contributed by atoms with E-state index in [0.29, 0.717) is 32.1 Å². The van der Waals surface area contributed by atoms with E-state index in [1.807, 2.05) is 0 Å². The van der Waals surface area contributed by atoms with Crippen LogP contribution in [-0.4, -0.2) is 43.8 Å². The van der Waals surface area contributed by atoms with Crippen molar-refractivity contribution in [1.82, 2.24) is 9.88 Å². The van der Waals surface area contributed by atoms with Crippen molar-refractivity contribution in [2.24, 2.45) is 0 Å². The Balaban J connectivity index is 1.39. The molecular formula is C28H24ClFN4O5S. The minimum absolute atomic E-state index is 0.0499. The molecule has 1 aliphatic heterocycles. The molecule has 0 saturated carbocycles. The molecule has 0 spiro atoms. The molecule has 1 unspecified atom stereocenters. The Morgan fingerprint density at radius 2 is 1.85 bits per heavy atom. The number of nitrogens with one attached hydrogen (secondary N) is 2. The molecule has 0 bridgehead atoms. The van der Waals surface area contributed by atoms with E-state index < -0.39 is 11.8 Å². The molecule has 12 heteroatoms. The Bertz CT molecular complexity index is 1660. The highest BCUT2D eigenvalue weighted by molar-refractivity contribution is 7.18. The summed E-state index contributed by atoms with van der Waals surface area (Å²) in [5.74, 6) is -0.367. The van der Waals surface area contributed by atoms with Crippen molar-refractivity contribution in [1.29, 1.82) is 0 Å². The van der Waals surface area contributed by atoms with Gasteiger partial charge in [-0.05, 0) is 42.0 Å². The number of hydrogen-bond donors (Lipinski definition) is 2. The average Bonchev–Trinajstić information content (AvgIpc) is 3.55. The fraction of sp³-hybridized carbons (Fsp3) is 0.179. The number of benzene rings is 2. The van der Waals surface area contributed by atoms with Crippen LogP contribution in [0, 0.1) is 5.82 Å². The molecule has 0 radical (unpaired) electrons. The molecule has 3 amide bonds. The second kappa shape index (κ2) is 11.4. The Kier molecular flexibility index (Phi) is 7.76. The molecule has 2 aromatic heterocycles. The van der Waals surface area contributed by atoms with Crippen molar-refractivity contribution in [2.75, 3.05) is 37.5 Å². The summed E-state index contributed by atoms with van der Waals surface area (Å²) in [5.41, 5.74) is 1.27. The van der Waals surface area contributed by atoms with Crippen molar-refractivity contribution in [3.8, 4) is 17.2 Å². The number of ether oxygens (including phenoxy) is 2. The maximum Gasteiger partial charge on any atom is 0.326 e. The number of halogens is 2. The van der Waals surface area contributed by atoms with E-state index in [1.54, 1.807) is 42.5 Å². The molecule has 5 rings (SSSR count). The van der Waals surface area contributed by atoms with Gasteiger partial charge in [-0.15, -0.1) is 11.3 Å². The lowest BCUT2D eigenvalue weighted by molar-refractivity contribution is 0.0955. The van der Waals surface area contributed by atoms with Crippen molar-refractivity contribution in [3.63, 3.8) is 0 Å². The van der Waals surface area contributed by atoms with Crippen LogP contribution in [0.3, 0.4) is 0 Å². The minimum Gasteiger partial charge on any atom is -0.493 e. The first-order valence-corrected chi connectivity index (χ1v) is 13.3. The first-order chi connectivity index (χ1) is 19.3. The monoisotopic (exact) mass is 582 g/mol. The quantitative estimate of drug-likeness (QED) is 0.309. The SMILES string of the molecule is COc1cc2c(cc1OC)N(C(=O)Nc1ccc(-n3ccccc3=O)cc1F)CC2CNC(=O)c1ccc(Cl)s1. The lowest BCUT2D eigenvalue weighted by atomic mass is 10.0. The van der Waals surface area contributed by atoms with Gasteiger partial charge in [0.15, 0.2) is 11.5 Å². The van der Waals surface area contributed by atoms with Gasteiger partial charge in [0.25, 0.3) is 11.5 Å². The van der Waals surface area contributed by atoms with Gasteiger partial charge >= 0.3 is 6.03 Å². The van der Waals surface area contributed by atoms with Crippen molar-refractivity contribution in [2.45, 2.75) is 5.92 Å². The summed E-state index contributed by atoms with van der Waals surface area (Å²) < 4.78 is 27.7. The van der Waals surface area contributed by atoms with Crippen LogP contribution in [0.15, 0.2) is 71.7 Å². The van der Waals surface area contributed by atoms with Crippen LogP contribution in [0.4, 0.5) is 20.6 Å². The van der Waals surface area contributed by atoms with Gasteiger partial charge < -0.3 is 20.1 Å². The summed E-state index contributed by atoms with van der Waals surface area (Å²) in [4.78, 5) is 40.1. The number of rotatable bonds is 7. The molecule has 9 nitrogen and oxygen atoms in total. The second-order valence-corrected chi connectivity index (χ2v) is 10.6. The van der Waals surface area contributed by atoms with Gasteiger partial charge in [0, 0.05) is 43.4 Å². The van der Waals surface area contributed by atoms with Gasteiger partial charge in [-0.2, -0.15) is 0 Å². The number of anilines is 2. The van der Waals surface area contributed by atoms with Crippen molar-refractivity contribution in [3.05, 3.63) is 97.8 Å². The molecule has 1 aliphatic rings. The smallest absolute Gasteiger partial charge is 0.326 e. The summed E-state index contributed by atoms with van der Waals surface area (Å²) in [7, 11) is 3.00. The number of nitrogens with zero attached hydrogens (tertiary/aromatic N) is 2. The molecular weight excluding hydrogens is 559 g/mol. The lowest BCUT2D eigenvalue weighted by Crippen LogP contribution is -2.36. The fourth-order valence-corrected chi connectivity index (χ4v) is 5.51. The van der Waals surface area contributed by atoms with Crippen LogP contribution in [-0.2, 0) is 0 Å². The highest BCUT2D eigenvalue weighted by Gasteiger charge is 2.35. The van der Waals surface area contributed by atoms with Crippen LogP contribution in [0.1, 0.15) is 21.2 Å². The average molecular weight is 583 g/mol. The van der Waals surface area contributed by atoms with E-state index in [0.717, 1.165) is 5.56 Å². The molecule has 1 atom stereocenters. The lowest BCUT2D eigenvalue weighted by Gasteiger charge is -2.20. The summed E-state index contributed by atoms with van der Waals surface area (Å²) in [6.07, 6.45) is 1.53. The maximum absolute atomic E-state index is 15.0. The predicted molar refractivity (Wildman–Crippen MR) is 152 cm³/mol. The van der Waals surface area contributed by atoms with E-state index in [4.69, 9.17) is 21.1 Å². The Hall–Kier alpha value is -4.35. The predicted octanol–water partition coefficient (Wildman–Crippen LogP) is 5.27. The first kappa shape index (κ1) is 27.2. The molecule has 206 valence electrons. The molecule has 3 heterocycles. The number of carbonyl (C=O) groups is 2. The number of aromatic nitrogens is 1. The third-order valence-electron chi connectivity index (χ3n) is 6.51. The van der Waals surface area contributed by atoms with Gasteiger partial charge in [-0.25, -0.2) is 9.18 Å². The number of hydrogen-bond acceptors (Lipinski definition) is 6. The van der Waals surface area contributed by atoms with E-state index >= 15 is 4.39 Å². The number of amides is 3. The van der Waals surface area contributed by atoms with Gasteiger partial charge in [0.05, 0.1) is 40.5 Å². The zero-order valence-electron chi connectivity index (χ0n) is 21.4. The van der Waals surface area contributed by atoms with Crippen LogP contribution in [0.5, 0.6) is 11.5 Å². The van der Waals surface area contributed by atoms with Crippen molar-refractivity contribution < 1.29 is 23.5 Å². The molecule has 0 fully saturated rings. The molecule has 4 aromatic rings. The van der Waals surface area contributed by atoms with Gasteiger partial charge in [-0.3, -0.25) is 19.1 Å². The summed E-state index contributed by atoms with van der Waals surface area (Å²) in [5, 5.41) is 5.52. The van der Waals surface area contributed by atoms with Gasteiger partial charge in [-0.1, -0.05) is 17.7 Å². The second-order valence-electron chi connectivity index (χ2n) is 8.89. The number of pyridine rings is 1. The number of methoxy groups -OCH3 is 2. The third kappa shape index (κ3) is 5.38. The van der Waals surface area contributed by atoms with E-state index in [2.05, 4.69) is 10.6 Å². The molecule has 0 saturated heterocycles. The number of carbonyl (C=O) groups excluding carboxylic acids is 2. The zero-order chi connectivity index (χ0) is 28.4. The van der Waals surface area contributed by atoms with E-state index in [1.165, 1.54) is 59.4 Å². The fourth-order valence-electron chi connectivity index (χ4n) is 4.55. The first-order valence-electron chi connectivity index (χ1n) is 12.1. The molecule has 2 N–H and O–H groups in total. The van der Waals surface area contributed by atoms with Crippen LogP contribution in [0.25, 0.3) is 5.69 Å². The van der Waals surface area contributed by atoms with Crippen LogP contribution in [0.2, 0.25) is 4.34 Å². The standard InChI is InChI=1S/C28H24ClFN4O5S/c1-38-22-12-18-16(14-31-27(36)24-8-9-25(29)40-24)15-34(21(18)13-23(22)39-2)28(37)32-20-7-6-17(11-19(20)30)33-10-4-3-5-26(33)35/h3-13,16H,14-15H2,1-2H3,(H,31,36)(H,32,37). The molecule has 40 heavy (non-hydrogen) atoms. The Morgan fingerprint density at radius 1 is 1.07 bits per heavy atom. The number of urea groups is 1. The van der Waals surface area contributed by atoms with Gasteiger partial charge in [0.1, 0.15) is 5.82 Å². The highest BCUT2D eigenvalue weighted by Crippen LogP contribution is 2.43. The summed E-state index contributed by atoms with van der Waals surface area (Å²) >= 11 is 7.13. The van der Waals surface area contributed by atoms with E-state index in [-0.39, 0.29) is 36.2 Å². The topological polar surface area (TPSA) is 102 Å². The number of fused-ring (bicyclic) bond motifs is 1.